The Balaban J connectivity index is 1.95. The first-order valence-corrected chi connectivity index (χ1v) is 8.31. The Kier molecular flexibility index (Phi) is 6.75. The number of hydrogen-bond donors (Lipinski definition) is 1. The Hall–Kier alpha value is -3.81. The number of non-ortho nitro benzene ring substituents is 1. The van der Waals surface area contributed by atoms with Crippen LogP contribution in [0.25, 0.3) is 6.08 Å². The second-order valence-corrected chi connectivity index (χ2v) is 5.89. The molecule has 0 bridgehead atoms. The molecule has 0 aliphatic rings. The molecule has 28 heavy (non-hydrogen) atoms. The van der Waals surface area contributed by atoms with Gasteiger partial charge in [-0.15, -0.1) is 0 Å². The number of nitrogens with one attached hydrogen (secondary N) is 1. The number of esters is 1. The van der Waals surface area contributed by atoms with E-state index in [4.69, 9.17) is 4.74 Å². The minimum atomic E-state index is -1.08. The zero-order valence-electron chi connectivity index (χ0n) is 15.2. The van der Waals surface area contributed by atoms with E-state index in [0.29, 0.717) is 16.8 Å². The van der Waals surface area contributed by atoms with Crippen LogP contribution in [0.15, 0.2) is 54.6 Å². The van der Waals surface area contributed by atoms with Crippen LogP contribution in [0.2, 0.25) is 0 Å². The normalized spacial score (nSPS) is 11.6. The smallest absolute Gasteiger partial charge is 0.331 e. The molecule has 0 aromatic heterocycles. The lowest BCUT2D eigenvalue weighted by molar-refractivity contribution is -0.384. The molecule has 2 aromatic rings. The number of hydrogen-bond acceptors (Lipinski definition) is 6. The van der Waals surface area contributed by atoms with Gasteiger partial charge in [0, 0.05) is 29.5 Å². The third kappa shape index (κ3) is 5.87. The van der Waals surface area contributed by atoms with Gasteiger partial charge in [-0.2, -0.15) is 0 Å². The highest BCUT2D eigenvalue weighted by Crippen LogP contribution is 2.15. The molecule has 0 fully saturated rings. The predicted octanol–water partition coefficient (Wildman–Crippen LogP) is 3.38. The molecular formula is C20H18N2O6. The van der Waals surface area contributed by atoms with Gasteiger partial charge in [0.25, 0.3) is 11.6 Å². The van der Waals surface area contributed by atoms with Crippen molar-refractivity contribution in [2.45, 2.75) is 20.0 Å². The van der Waals surface area contributed by atoms with Crippen molar-refractivity contribution < 1.29 is 24.0 Å². The third-order valence-corrected chi connectivity index (χ3v) is 3.69. The number of benzene rings is 2. The summed E-state index contributed by atoms with van der Waals surface area (Å²) in [5.41, 5.74) is 1.20. The van der Waals surface area contributed by atoms with E-state index < -0.39 is 22.9 Å². The fourth-order valence-electron chi connectivity index (χ4n) is 2.23. The lowest BCUT2D eigenvalue weighted by Crippen LogP contribution is -2.29. The fraction of sp³-hybridized carbons (Fsp3) is 0.150. The average Bonchev–Trinajstić information content (AvgIpc) is 2.66. The van der Waals surface area contributed by atoms with Crippen molar-refractivity contribution in [1.82, 2.24) is 0 Å². The average molecular weight is 382 g/mol. The van der Waals surface area contributed by atoms with Crippen LogP contribution in [0.1, 0.15) is 29.8 Å². The number of amides is 1. The maximum Gasteiger partial charge on any atom is 0.331 e. The van der Waals surface area contributed by atoms with Gasteiger partial charge in [0.05, 0.1) is 4.92 Å². The van der Waals surface area contributed by atoms with Gasteiger partial charge in [-0.25, -0.2) is 4.79 Å². The van der Waals surface area contributed by atoms with Gasteiger partial charge in [0.2, 0.25) is 0 Å². The first-order valence-electron chi connectivity index (χ1n) is 8.31. The first-order chi connectivity index (χ1) is 13.3. The van der Waals surface area contributed by atoms with E-state index in [2.05, 4.69) is 5.32 Å². The van der Waals surface area contributed by atoms with E-state index in [1.165, 1.54) is 44.2 Å². The summed E-state index contributed by atoms with van der Waals surface area (Å²) in [4.78, 5) is 45.6. The van der Waals surface area contributed by atoms with Gasteiger partial charge < -0.3 is 10.1 Å². The Morgan fingerprint density at radius 2 is 1.86 bits per heavy atom. The molecule has 8 heteroatoms. The van der Waals surface area contributed by atoms with Crippen LogP contribution < -0.4 is 5.32 Å². The molecule has 2 rings (SSSR count). The number of ketones is 1. The molecular weight excluding hydrogens is 364 g/mol. The van der Waals surface area contributed by atoms with Crippen molar-refractivity contribution in [3.05, 3.63) is 75.8 Å². The largest absolute Gasteiger partial charge is 0.449 e. The number of carbonyl (C=O) groups is 3. The molecule has 0 spiro atoms. The second-order valence-electron chi connectivity index (χ2n) is 5.89. The van der Waals surface area contributed by atoms with E-state index in [9.17, 15) is 24.5 Å². The lowest BCUT2D eigenvalue weighted by atomic mass is 10.1. The van der Waals surface area contributed by atoms with Gasteiger partial charge in [-0.3, -0.25) is 19.7 Å². The number of anilines is 1. The van der Waals surface area contributed by atoms with Gasteiger partial charge in [-0.1, -0.05) is 24.3 Å². The van der Waals surface area contributed by atoms with Crippen molar-refractivity contribution in [3.63, 3.8) is 0 Å². The molecule has 0 aliphatic heterocycles. The third-order valence-electron chi connectivity index (χ3n) is 3.69. The zero-order chi connectivity index (χ0) is 20.7. The molecule has 144 valence electrons. The van der Waals surface area contributed by atoms with Crippen molar-refractivity contribution in [3.8, 4) is 0 Å². The Morgan fingerprint density at radius 1 is 1.14 bits per heavy atom. The van der Waals surface area contributed by atoms with Gasteiger partial charge in [0.15, 0.2) is 11.9 Å². The number of carbonyl (C=O) groups excluding carboxylic acids is 3. The number of Topliss-reactive ketones (excluding diaryl/α,β-unsaturated/α-hetero) is 1. The maximum absolute atomic E-state index is 12.2. The topological polar surface area (TPSA) is 116 Å². The van der Waals surface area contributed by atoms with Crippen LogP contribution >= 0.6 is 0 Å². The highest BCUT2D eigenvalue weighted by Gasteiger charge is 2.17. The molecule has 1 amide bonds. The summed E-state index contributed by atoms with van der Waals surface area (Å²) < 4.78 is 5.02. The SMILES string of the molecule is CC(=O)c1cccc(NC(=O)[C@H](C)OC(=O)/C=C/c2cccc([N+](=O)[O-])c2)c1. The van der Waals surface area contributed by atoms with Gasteiger partial charge in [-0.05, 0) is 37.6 Å². The summed E-state index contributed by atoms with van der Waals surface area (Å²) in [5.74, 6) is -1.47. The first kappa shape index (κ1) is 20.5. The Labute approximate surface area is 161 Å². The van der Waals surface area contributed by atoms with Crippen LogP contribution in [-0.4, -0.2) is 28.7 Å². The molecule has 0 aliphatic carbocycles. The monoisotopic (exact) mass is 382 g/mol. The summed E-state index contributed by atoms with van der Waals surface area (Å²) in [6, 6.07) is 12.1. The van der Waals surface area contributed by atoms with Crippen LogP contribution in [0.3, 0.4) is 0 Å². The quantitative estimate of drug-likeness (QED) is 0.258. The van der Waals surface area contributed by atoms with Crippen molar-refractivity contribution in [1.29, 1.82) is 0 Å². The van der Waals surface area contributed by atoms with Crippen molar-refractivity contribution >= 4 is 35.1 Å². The highest BCUT2D eigenvalue weighted by molar-refractivity contribution is 5.99. The minimum absolute atomic E-state index is 0.101. The predicted molar refractivity (Wildman–Crippen MR) is 103 cm³/mol. The van der Waals surface area contributed by atoms with Crippen molar-refractivity contribution in [2.75, 3.05) is 5.32 Å². The van der Waals surface area contributed by atoms with Crippen LogP contribution in [0.5, 0.6) is 0 Å². The van der Waals surface area contributed by atoms with E-state index in [1.807, 2.05) is 0 Å². The number of nitro groups is 1. The Bertz CT molecular complexity index is 951. The summed E-state index contributed by atoms with van der Waals surface area (Å²) in [7, 11) is 0. The van der Waals surface area contributed by atoms with E-state index in [0.717, 1.165) is 6.08 Å². The fourth-order valence-corrected chi connectivity index (χ4v) is 2.23. The molecule has 0 heterocycles. The minimum Gasteiger partial charge on any atom is -0.449 e. The van der Waals surface area contributed by atoms with Crippen LogP contribution in [0, 0.1) is 10.1 Å². The van der Waals surface area contributed by atoms with Crippen LogP contribution in [-0.2, 0) is 14.3 Å². The molecule has 0 saturated heterocycles. The number of nitrogens with zero attached hydrogens (tertiary/aromatic N) is 1. The molecule has 8 nitrogen and oxygen atoms in total. The summed E-state index contributed by atoms with van der Waals surface area (Å²) >= 11 is 0. The Morgan fingerprint density at radius 3 is 2.54 bits per heavy atom. The molecule has 2 aromatic carbocycles. The molecule has 0 unspecified atom stereocenters. The second kappa shape index (κ2) is 9.22. The lowest BCUT2D eigenvalue weighted by Gasteiger charge is -2.12. The highest BCUT2D eigenvalue weighted by atomic mass is 16.6. The maximum atomic E-state index is 12.2. The number of ether oxygens (including phenoxy) is 1. The van der Waals surface area contributed by atoms with E-state index >= 15 is 0 Å². The van der Waals surface area contributed by atoms with Gasteiger partial charge >= 0.3 is 5.97 Å². The molecule has 1 atom stereocenters. The van der Waals surface area contributed by atoms with Crippen LogP contribution in [0.4, 0.5) is 11.4 Å². The standard InChI is InChI=1S/C20H18N2O6/c1-13(23)16-6-4-7-17(12-16)21-20(25)14(2)28-19(24)10-9-15-5-3-8-18(11-15)22(26)27/h3-12,14H,1-2H3,(H,21,25)/b10-9+/t14-/m0/s1. The zero-order valence-corrected chi connectivity index (χ0v) is 15.2. The summed E-state index contributed by atoms with van der Waals surface area (Å²) in [6.45, 7) is 2.82. The van der Waals surface area contributed by atoms with Gasteiger partial charge in [0.1, 0.15) is 0 Å². The summed E-state index contributed by atoms with van der Waals surface area (Å²) in [6.07, 6.45) is 1.36. The molecule has 0 radical (unpaired) electrons. The number of nitro benzene ring substituents is 1. The number of rotatable bonds is 7. The van der Waals surface area contributed by atoms with E-state index in [1.54, 1.807) is 24.3 Å². The molecule has 0 saturated carbocycles. The molecule has 1 N–H and O–H groups in total. The van der Waals surface area contributed by atoms with E-state index in [-0.39, 0.29) is 11.5 Å². The van der Waals surface area contributed by atoms with Crippen molar-refractivity contribution in [2.24, 2.45) is 0 Å². The summed E-state index contributed by atoms with van der Waals surface area (Å²) in [5, 5.41) is 13.3.